The van der Waals surface area contributed by atoms with E-state index in [1.165, 1.54) is 0 Å². The van der Waals surface area contributed by atoms with Gasteiger partial charge in [-0.25, -0.2) is 4.79 Å². The van der Waals surface area contributed by atoms with Crippen LogP contribution in [-0.4, -0.2) is 53.1 Å². The van der Waals surface area contributed by atoms with Crippen molar-refractivity contribution in [3.63, 3.8) is 0 Å². The van der Waals surface area contributed by atoms with Gasteiger partial charge in [0.05, 0.1) is 0 Å². The first kappa shape index (κ1) is 13.8. The molecule has 17 heavy (non-hydrogen) atoms. The molecule has 1 fully saturated rings. The van der Waals surface area contributed by atoms with Crippen molar-refractivity contribution in [2.75, 3.05) is 13.1 Å². The monoisotopic (exact) mass is 242 g/mol. The van der Waals surface area contributed by atoms with E-state index in [1.807, 2.05) is 34.6 Å². The molecule has 1 heterocycles. The van der Waals surface area contributed by atoms with Crippen molar-refractivity contribution in [1.82, 2.24) is 9.80 Å². The molecule has 0 aromatic heterocycles. The highest BCUT2D eigenvalue weighted by Crippen LogP contribution is 2.17. The van der Waals surface area contributed by atoms with Gasteiger partial charge in [-0.05, 0) is 34.6 Å². The Morgan fingerprint density at radius 2 is 1.71 bits per heavy atom. The van der Waals surface area contributed by atoms with E-state index >= 15 is 0 Å². The van der Waals surface area contributed by atoms with Crippen LogP contribution in [0.3, 0.4) is 0 Å². The van der Waals surface area contributed by atoms with E-state index in [1.54, 1.807) is 9.80 Å². The van der Waals surface area contributed by atoms with Gasteiger partial charge in [-0.3, -0.25) is 4.79 Å². The van der Waals surface area contributed by atoms with Crippen molar-refractivity contribution < 1.29 is 14.3 Å². The van der Waals surface area contributed by atoms with E-state index in [0.717, 1.165) is 6.41 Å². The maximum Gasteiger partial charge on any atom is 0.410 e. The third-order valence-electron chi connectivity index (χ3n) is 2.76. The number of ether oxygens (including phenoxy) is 1. The van der Waals surface area contributed by atoms with Gasteiger partial charge >= 0.3 is 6.09 Å². The zero-order valence-corrected chi connectivity index (χ0v) is 11.3. The second kappa shape index (κ2) is 4.94. The third-order valence-corrected chi connectivity index (χ3v) is 2.76. The predicted molar refractivity (Wildman–Crippen MR) is 64.6 cm³/mol. The largest absolute Gasteiger partial charge is 0.444 e. The summed E-state index contributed by atoms with van der Waals surface area (Å²) in [6.07, 6.45) is 0.545. The Morgan fingerprint density at radius 3 is 2.06 bits per heavy atom. The lowest BCUT2D eigenvalue weighted by atomic mass is 10.1. The molecule has 1 saturated heterocycles. The Bertz CT molecular complexity index is 287. The summed E-state index contributed by atoms with van der Waals surface area (Å²) in [5.74, 6) is 0. The second-order valence-corrected chi connectivity index (χ2v) is 5.64. The van der Waals surface area contributed by atoms with E-state index in [-0.39, 0.29) is 18.2 Å². The Balaban J connectivity index is 2.63. The van der Waals surface area contributed by atoms with Crippen LogP contribution in [-0.2, 0) is 9.53 Å². The van der Waals surface area contributed by atoms with Crippen LogP contribution in [0.5, 0.6) is 0 Å². The van der Waals surface area contributed by atoms with Crippen molar-refractivity contribution in [2.24, 2.45) is 0 Å². The van der Waals surface area contributed by atoms with Crippen LogP contribution in [0.2, 0.25) is 0 Å². The maximum atomic E-state index is 11.9. The van der Waals surface area contributed by atoms with E-state index < -0.39 is 5.60 Å². The molecule has 0 spiro atoms. The zero-order chi connectivity index (χ0) is 13.2. The van der Waals surface area contributed by atoms with Gasteiger partial charge in [0.15, 0.2) is 0 Å². The van der Waals surface area contributed by atoms with Crippen molar-refractivity contribution in [3.8, 4) is 0 Å². The molecule has 1 aliphatic rings. The minimum absolute atomic E-state index is 0.0313. The average Bonchev–Trinajstić information content (AvgIpc) is 2.14. The van der Waals surface area contributed by atoms with Crippen LogP contribution in [0.1, 0.15) is 34.6 Å². The third kappa shape index (κ3) is 3.61. The molecule has 1 rings (SSSR count). The van der Waals surface area contributed by atoms with Gasteiger partial charge in [-0.15, -0.1) is 0 Å². The first-order valence-electron chi connectivity index (χ1n) is 5.95. The molecule has 0 saturated carbocycles. The Morgan fingerprint density at radius 1 is 1.24 bits per heavy atom. The van der Waals surface area contributed by atoms with Crippen molar-refractivity contribution in [1.29, 1.82) is 0 Å². The molecule has 5 nitrogen and oxygen atoms in total. The predicted octanol–water partition coefficient (Wildman–Crippen LogP) is 1.47. The molecule has 2 atom stereocenters. The minimum atomic E-state index is -0.481. The highest BCUT2D eigenvalue weighted by atomic mass is 16.6. The first-order chi connectivity index (χ1) is 7.74. The highest BCUT2D eigenvalue weighted by Gasteiger charge is 2.32. The van der Waals surface area contributed by atoms with E-state index in [9.17, 15) is 9.59 Å². The average molecular weight is 242 g/mol. The molecular weight excluding hydrogens is 220 g/mol. The molecule has 1 aliphatic heterocycles. The first-order valence-corrected chi connectivity index (χ1v) is 5.95. The number of hydrogen-bond donors (Lipinski definition) is 0. The van der Waals surface area contributed by atoms with Crippen molar-refractivity contribution >= 4 is 12.5 Å². The van der Waals surface area contributed by atoms with Gasteiger partial charge in [-0.1, -0.05) is 0 Å². The van der Waals surface area contributed by atoms with Crippen molar-refractivity contribution in [2.45, 2.75) is 52.3 Å². The summed E-state index contributed by atoms with van der Waals surface area (Å²) in [7, 11) is 0. The van der Waals surface area contributed by atoms with Crippen molar-refractivity contribution in [3.05, 3.63) is 0 Å². The SMILES string of the molecule is C[C@@H]1CN(C(=O)OC(C)(C)C)C[C@H](C)N1C=O. The second-order valence-electron chi connectivity index (χ2n) is 5.64. The summed E-state index contributed by atoms with van der Waals surface area (Å²) >= 11 is 0. The zero-order valence-electron chi connectivity index (χ0n) is 11.3. The number of hydrogen-bond acceptors (Lipinski definition) is 3. The number of amides is 2. The summed E-state index contributed by atoms with van der Waals surface area (Å²) in [6.45, 7) is 10.5. The normalized spacial score (nSPS) is 25.7. The van der Waals surface area contributed by atoms with Crippen LogP contribution in [0.25, 0.3) is 0 Å². The van der Waals surface area contributed by atoms with Gasteiger partial charge in [0.25, 0.3) is 0 Å². The van der Waals surface area contributed by atoms with Gasteiger partial charge in [-0.2, -0.15) is 0 Å². The lowest BCUT2D eigenvalue weighted by Gasteiger charge is -2.42. The quantitative estimate of drug-likeness (QED) is 0.654. The van der Waals surface area contributed by atoms with Crippen LogP contribution >= 0.6 is 0 Å². The molecule has 0 radical (unpaired) electrons. The molecule has 2 amide bonds. The summed E-state index contributed by atoms with van der Waals surface area (Å²) in [5.41, 5.74) is -0.481. The molecule has 0 aromatic rings. The number of carbonyl (C=O) groups excluding carboxylic acids is 2. The molecule has 0 aromatic carbocycles. The fourth-order valence-corrected chi connectivity index (χ4v) is 2.02. The standard InChI is InChI=1S/C12H22N2O3/c1-9-6-13(7-10(2)14(9)8-15)11(16)17-12(3,4)5/h8-10H,6-7H2,1-5H3/t9-,10+. The Labute approximate surface area is 103 Å². The van der Waals surface area contributed by atoms with E-state index in [0.29, 0.717) is 13.1 Å². The van der Waals surface area contributed by atoms with E-state index in [2.05, 4.69) is 0 Å². The number of rotatable bonds is 1. The molecule has 0 bridgehead atoms. The summed E-state index contributed by atoms with van der Waals surface area (Å²) in [5, 5.41) is 0. The topological polar surface area (TPSA) is 49.9 Å². The molecule has 0 aliphatic carbocycles. The molecule has 0 unspecified atom stereocenters. The fraction of sp³-hybridized carbons (Fsp3) is 0.833. The van der Waals surface area contributed by atoms with Crippen LogP contribution in [0.4, 0.5) is 4.79 Å². The Kier molecular flexibility index (Phi) is 4.01. The highest BCUT2D eigenvalue weighted by molar-refractivity contribution is 5.68. The number of piperazine rings is 1. The van der Waals surface area contributed by atoms with Crippen LogP contribution in [0.15, 0.2) is 0 Å². The lowest BCUT2D eigenvalue weighted by molar-refractivity contribution is -0.125. The molecule has 98 valence electrons. The van der Waals surface area contributed by atoms with Gasteiger partial charge < -0.3 is 14.5 Å². The van der Waals surface area contributed by atoms with Gasteiger partial charge in [0, 0.05) is 25.2 Å². The van der Waals surface area contributed by atoms with E-state index in [4.69, 9.17) is 4.74 Å². The van der Waals surface area contributed by atoms with Crippen LogP contribution in [0, 0.1) is 0 Å². The molecular formula is C12H22N2O3. The Hall–Kier alpha value is -1.26. The number of carbonyl (C=O) groups is 2. The molecule has 5 heteroatoms. The molecule has 0 N–H and O–H groups in total. The summed E-state index contributed by atoms with van der Waals surface area (Å²) < 4.78 is 5.32. The van der Waals surface area contributed by atoms with Gasteiger partial charge in [0.2, 0.25) is 6.41 Å². The maximum absolute atomic E-state index is 11.9. The summed E-state index contributed by atoms with van der Waals surface area (Å²) in [6, 6.07) is 0.0625. The smallest absolute Gasteiger partial charge is 0.410 e. The number of nitrogens with zero attached hydrogens (tertiary/aromatic N) is 2. The summed E-state index contributed by atoms with van der Waals surface area (Å²) in [4.78, 5) is 26.2. The lowest BCUT2D eigenvalue weighted by Crippen LogP contribution is -2.58. The van der Waals surface area contributed by atoms with Gasteiger partial charge in [0.1, 0.15) is 5.60 Å². The van der Waals surface area contributed by atoms with Crippen LogP contribution < -0.4 is 0 Å². The fourth-order valence-electron chi connectivity index (χ4n) is 2.02. The minimum Gasteiger partial charge on any atom is -0.444 e.